The summed E-state index contributed by atoms with van der Waals surface area (Å²) in [6.45, 7) is 4.79. The van der Waals surface area contributed by atoms with E-state index in [1.54, 1.807) is 0 Å². The molecule has 10 nitrogen and oxygen atoms in total. The van der Waals surface area contributed by atoms with Gasteiger partial charge in [0, 0.05) is 19.3 Å². The number of nitrogens with zero attached hydrogens (tertiary/aromatic N) is 2. The van der Waals surface area contributed by atoms with E-state index in [9.17, 15) is 18.0 Å². The van der Waals surface area contributed by atoms with Crippen LogP contribution < -0.4 is 10.1 Å². The second kappa shape index (κ2) is 10.1. The molecule has 11 heteroatoms. The van der Waals surface area contributed by atoms with Gasteiger partial charge in [-0.05, 0) is 44.2 Å². The highest BCUT2D eigenvalue weighted by molar-refractivity contribution is 7.89. The highest BCUT2D eigenvalue weighted by Gasteiger charge is 2.27. The standard InChI is InChI=1S/C21H25N3O7S/c1-14(2)31-19-7-5-16(32(27,28)24-8-10-30-11-9-24)12-18(19)23-20(25)17-6-4-15(13-22-17)21(26)29-3/h4-7,12-14H,8-11H2,1-3H3,(H,23,25). The summed E-state index contributed by atoms with van der Waals surface area (Å²) in [4.78, 5) is 28.3. The van der Waals surface area contributed by atoms with E-state index in [0.29, 0.717) is 19.0 Å². The number of carbonyl (C=O) groups is 2. The fourth-order valence-corrected chi connectivity index (χ4v) is 4.45. The van der Waals surface area contributed by atoms with Crippen LogP contribution in [0.25, 0.3) is 0 Å². The van der Waals surface area contributed by atoms with Gasteiger partial charge in [-0.2, -0.15) is 4.31 Å². The molecule has 1 amide bonds. The Bertz CT molecular complexity index is 1080. The zero-order valence-electron chi connectivity index (χ0n) is 18.0. The number of aromatic nitrogens is 1. The first-order valence-corrected chi connectivity index (χ1v) is 11.4. The molecule has 1 aliphatic heterocycles. The van der Waals surface area contributed by atoms with Crippen molar-refractivity contribution in [3.8, 4) is 5.75 Å². The summed E-state index contributed by atoms with van der Waals surface area (Å²) >= 11 is 0. The molecule has 1 aliphatic rings. The van der Waals surface area contributed by atoms with Crippen molar-refractivity contribution < 1.29 is 32.2 Å². The summed E-state index contributed by atoms with van der Waals surface area (Å²) in [5, 5.41) is 2.66. The summed E-state index contributed by atoms with van der Waals surface area (Å²) in [6.07, 6.45) is 1.02. The maximum atomic E-state index is 13.0. The number of carbonyl (C=O) groups excluding carboxylic acids is 2. The van der Waals surface area contributed by atoms with Crippen molar-refractivity contribution in [1.82, 2.24) is 9.29 Å². The van der Waals surface area contributed by atoms with Crippen molar-refractivity contribution in [3.05, 3.63) is 47.8 Å². The number of ether oxygens (including phenoxy) is 3. The lowest BCUT2D eigenvalue weighted by Gasteiger charge is -2.26. The molecule has 1 aromatic carbocycles. The van der Waals surface area contributed by atoms with E-state index in [4.69, 9.17) is 9.47 Å². The molecule has 1 aromatic heterocycles. The Morgan fingerprint density at radius 3 is 2.47 bits per heavy atom. The van der Waals surface area contributed by atoms with Crippen LogP contribution in [0.15, 0.2) is 41.4 Å². The van der Waals surface area contributed by atoms with Crippen molar-refractivity contribution in [2.24, 2.45) is 0 Å². The summed E-state index contributed by atoms with van der Waals surface area (Å²) in [5.41, 5.74) is 0.429. The molecule has 3 rings (SSSR count). The number of sulfonamides is 1. The lowest BCUT2D eigenvalue weighted by Crippen LogP contribution is -2.40. The zero-order chi connectivity index (χ0) is 23.3. The van der Waals surface area contributed by atoms with Gasteiger partial charge >= 0.3 is 5.97 Å². The van der Waals surface area contributed by atoms with Gasteiger partial charge < -0.3 is 19.5 Å². The minimum atomic E-state index is -3.77. The van der Waals surface area contributed by atoms with Gasteiger partial charge in [0.15, 0.2) is 0 Å². The van der Waals surface area contributed by atoms with E-state index >= 15 is 0 Å². The van der Waals surface area contributed by atoms with Gasteiger partial charge in [-0.25, -0.2) is 13.2 Å². The zero-order valence-corrected chi connectivity index (χ0v) is 18.8. The minimum absolute atomic E-state index is 0.0276. The molecule has 1 fully saturated rings. The van der Waals surface area contributed by atoms with E-state index in [1.165, 1.54) is 47.9 Å². The third-order valence-electron chi connectivity index (χ3n) is 4.59. The molecule has 172 valence electrons. The third-order valence-corrected chi connectivity index (χ3v) is 6.48. The molecule has 0 bridgehead atoms. The van der Waals surface area contributed by atoms with Gasteiger partial charge in [0.1, 0.15) is 11.4 Å². The van der Waals surface area contributed by atoms with Crippen LogP contribution in [0.4, 0.5) is 5.69 Å². The molecule has 0 unspecified atom stereocenters. The average molecular weight is 464 g/mol. The van der Waals surface area contributed by atoms with Crippen molar-refractivity contribution in [2.75, 3.05) is 38.7 Å². The highest BCUT2D eigenvalue weighted by atomic mass is 32.2. The normalized spacial score (nSPS) is 14.8. The van der Waals surface area contributed by atoms with E-state index in [1.807, 2.05) is 13.8 Å². The fraction of sp³-hybridized carbons (Fsp3) is 0.381. The molecular formula is C21H25N3O7S. The largest absolute Gasteiger partial charge is 0.489 e. The van der Waals surface area contributed by atoms with Crippen LogP contribution in [-0.4, -0.2) is 69.1 Å². The summed E-state index contributed by atoms with van der Waals surface area (Å²) in [7, 11) is -2.52. The van der Waals surface area contributed by atoms with Gasteiger partial charge in [0.2, 0.25) is 10.0 Å². The number of hydrogen-bond donors (Lipinski definition) is 1. The molecule has 0 atom stereocenters. The molecule has 2 heterocycles. The first kappa shape index (κ1) is 23.6. The van der Waals surface area contributed by atoms with Crippen LogP contribution in [0, 0.1) is 0 Å². The molecule has 0 aliphatic carbocycles. The van der Waals surface area contributed by atoms with Gasteiger partial charge in [-0.1, -0.05) is 0 Å². The van der Waals surface area contributed by atoms with Crippen molar-refractivity contribution in [1.29, 1.82) is 0 Å². The predicted octanol–water partition coefficient (Wildman–Crippen LogP) is 1.93. The Balaban J connectivity index is 1.89. The van der Waals surface area contributed by atoms with Gasteiger partial charge in [-0.3, -0.25) is 9.78 Å². The lowest BCUT2D eigenvalue weighted by molar-refractivity contribution is 0.0599. The molecule has 2 aromatic rings. The van der Waals surface area contributed by atoms with Gasteiger partial charge in [0.25, 0.3) is 5.91 Å². The average Bonchev–Trinajstić information content (AvgIpc) is 2.80. The van der Waals surface area contributed by atoms with Crippen LogP contribution in [0.1, 0.15) is 34.7 Å². The van der Waals surface area contributed by atoms with Gasteiger partial charge in [-0.15, -0.1) is 0 Å². The summed E-state index contributed by atoms with van der Waals surface area (Å²) in [5.74, 6) is -0.838. The van der Waals surface area contributed by atoms with E-state index in [-0.39, 0.29) is 41.0 Å². The molecule has 0 spiro atoms. The van der Waals surface area contributed by atoms with E-state index in [2.05, 4.69) is 15.0 Å². The number of anilines is 1. The highest BCUT2D eigenvalue weighted by Crippen LogP contribution is 2.30. The number of pyridine rings is 1. The fourth-order valence-electron chi connectivity index (χ4n) is 3.01. The molecule has 1 saturated heterocycles. The first-order chi connectivity index (χ1) is 15.2. The maximum absolute atomic E-state index is 13.0. The number of amides is 1. The number of nitrogens with one attached hydrogen (secondary N) is 1. The topological polar surface area (TPSA) is 124 Å². The lowest BCUT2D eigenvalue weighted by atomic mass is 10.2. The number of methoxy groups -OCH3 is 1. The third kappa shape index (κ3) is 5.42. The van der Waals surface area contributed by atoms with Crippen LogP contribution in [0.5, 0.6) is 5.75 Å². The maximum Gasteiger partial charge on any atom is 0.339 e. The Hall–Kier alpha value is -3.02. The van der Waals surface area contributed by atoms with Crippen molar-refractivity contribution in [3.63, 3.8) is 0 Å². The first-order valence-electron chi connectivity index (χ1n) is 9.96. The minimum Gasteiger partial charge on any atom is -0.489 e. The molecule has 0 radical (unpaired) electrons. The van der Waals surface area contributed by atoms with Crippen molar-refractivity contribution >= 4 is 27.6 Å². The SMILES string of the molecule is COC(=O)c1ccc(C(=O)Nc2cc(S(=O)(=O)N3CCOCC3)ccc2OC(C)C)nc1. The van der Waals surface area contributed by atoms with Crippen LogP contribution >= 0.6 is 0 Å². The molecular weight excluding hydrogens is 438 g/mol. The number of benzene rings is 1. The van der Waals surface area contributed by atoms with E-state index < -0.39 is 21.9 Å². The Kier molecular flexibility index (Phi) is 7.44. The summed E-state index contributed by atoms with van der Waals surface area (Å²) < 4.78 is 43.0. The van der Waals surface area contributed by atoms with E-state index in [0.717, 1.165) is 0 Å². The smallest absolute Gasteiger partial charge is 0.339 e. The second-order valence-corrected chi connectivity index (χ2v) is 9.16. The Morgan fingerprint density at radius 2 is 1.88 bits per heavy atom. The van der Waals surface area contributed by atoms with Crippen molar-refractivity contribution in [2.45, 2.75) is 24.8 Å². The van der Waals surface area contributed by atoms with Crippen LogP contribution in [0.3, 0.4) is 0 Å². The Labute approximate surface area is 186 Å². The molecule has 1 N–H and O–H groups in total. The second-order valence-electron chi connectivity index (χ2n) is 7.22. The van der Waals surface area contributed by atoms with Crippen LogP contribution in [-0.2, 0) is 19.5 Å². The number of rotatable bonds is 7. The van der Waals surface area contributed by atoms with Crippen LogP contribution in [0.2, 0.25) is 0 Å². The summed E-state index contributed by atoms with van der Waals surface area (Å²) in [6, 6.07) is 7.11. The molecule has 0 saturated carbocycles. The molecule has 32 heavy (non-hydrogen) atoms. The monoisotopic (exact) mass is 463 g/mol. The Morgan fingerprint density at radius 1 is 1.16 bits per heavy atom. The van der Waals surface area contributed by atoms with Gasteiger partial charge in [0.05, 0.1) is 42.6 Å². The number of esters is 1. The number of morpholine rings is 1. The number of hydrogen-bond acceptors (Lipinski definition) is 8. The quantitative estimate of drug-likeness (QED) is 0.618. The predicted molar refractivity (Wildman–Crippen MR) is 115 cm³/mol.